The monoisotopic (exact) mass is 302 g/mol. The molecule has 22 heavy (non-hydrogen) atoms. The molecular weight excluding hydrogens is 283 g/mol. The Balaban J connectivity index is 1.83. The Kier molecular flexibility index (Phi) is 5.82. The first-order valence-electron chi connectivity index (χ1n) is 7.29. The Bertz CT molecular complexity index is 599. The van der Waals surface area contributed by atoms with E-state index in [2.05, 4.69) is 20.8 Å². The zero-order valence-corrected chi connectivity index (χ0v) is 12.5. The smallest absolute Gasteiger partial charge is 0.225 e. The van der Waals surface area contributed by atoms with Gasteiger partial charge in [0.1, 0.15) is 11.6 Å². The van der Waals surface area contributed by atoms with Crippen LogP contribution < -0.4 is 10.6 Å². The van der Waals surface area contributed by atoms with Gasteiger partial charge in [0.25, 0.3) is 0 Å². The molecule has 6 heteroatoms. The molecular formula is C16H19FN4O. The second-order valence-electron chi connectivity index (χ2n) is 4.94. The number of hydrogen-bond acceptors (Lipinski definition) is 4. The van der Waals surface area contributed by atoms with Crippen molar-refractivity contribution in [3.63, 3.8) is 0 Å². The highest BCUT2D eigenvalue weighted by Crippen LogP contribution is 2.09. The largest absolute Gasteiger partial charge is 0.365 e. The summed E-state index contributed by atoms with van der Waals surface area (Å²) in [5, 5.41) is 13.7. The number of benzene rings is 1. The van der Waals surface area contributed by atoms with Gasteiger partial charge in [-0.05, 0) is 36.2 Å². The average molecular weight is 302 g/mol. The van der Waals surface area contributed by atoms with Crippen LogP contribution in [0.3, 0.4) is 0 Å². The first-order chi connectivity index (χ1) is 10.7. The average Bonchev–Trinajstić information content (AvgIpc) is 2.54. The topological polar surface area (TPSA) is 66.9 Å². The van der Waals surface area contributed by atoms with Crippen LogP contribution in [0.25, 0.3) is 0 Å². The lowest BCUT2D eigenvalue weighted by atomic mass is 10.2. The van der Waals surface area contributed by atoms with Crippen molar-refractivity contribution in [2.24, 2.45) is 0 Å². The summed E-state index contributed by atoms with van der Waals surface area (Å²) < 4.78 is 12.8. The van der Waals surface area contributed by atoms with E-state index in [4.69, 9.17) is 0 Å². The highest BCUT2D eigenvalue weighted by atomic mass is 19.1. The number of carbonyl (C=O) groups is 1. The molecule has 5 nitrogen and oxygen atoms in total. The minimum Gasteiger partial charge on any atom is -0.365 e. The summed E-state index contributed by atoms with van der Waals surface area (Å²) in [6.45, 7) is 2.56. The van der Waals surface area contributed by atoms with Gasteiger partial charge in [-0.15, -0.1) is 10.2 Å². The minimum atomic E-state index is -0.258. The molecule has 1 aromatic carbocycles. The highest BCUT2D eigenvalue weighted by Gasteiger charge is 2.03. The van der Waals surface area contributed by atoms with Crippen molar-refractivity contribution >= 4 is 17.5 Å². The molecule has 0 saturated heterocycles. The molecule has 2 N–H and O–H groups in total. The van der Waals surface area contributed by atoms with Gasteiger partial charge in [0.2, 0.25) is 5.91 Å². The summed E-state index contributed by atoms with van der Waals surface area (Å²) in [5.41, 5.74) is 0.945. The molecule has 2 aromatic rings. The molecule has 0 saturated carbocycles. The van der Waals surface area contributed by atoms with Crippen molar-refractivity contribution in [1.82, 2.24) is 10.2 Å². The Hall–Kier alpha value is -2.50. The summed E-state index contributed by atoms with van der Waals surface area (Å²) in [5.74, 6) is 0.721. The molecule has 0 aliphatic carbocycles. The maximum absolute atomic E-state index is 12.8. The fraction of sp³-hybridized carbons (Fsp3) is 0.312. The van der Waals surface area contributed by atoms with Gasteiger partial charge in [0, 0.05) is 13.0 Å². The number of halogens is 1. The number of nitrogens with zero attached hydrogens (tertiary/aromatic N) is 2. The van der Waals surface area contributed by atoms with Crippen LogP contribution in [-0.4, -0.2) is 16.1 Å². The van der Waals surface area contributed by atoms with E-state index in [9.17, 15) is 9.18 Å². The Morgan fingerprint density at radius 3 is 2.41 bits per heavy atom. The lowest BCUT2D eigenvalue weighted by molar-refractivity contribution is -0.116. The maximum Gasteiger partial charge on any atom is 0.225 e. The molecule has 1 heterocycles. The molecule has 2 rings (SSSR count). The van der Waals surface area contributed by atoms with E-state index in [1.165, 1.54) is 12.1 Å². The highest BCUT2D eigenvalue weighted by molar-refractivity contribution is 5.89. The molecule has 0 radical (unpaired) electrons. The number of hydrogen-bond donors (Lipinski definition) is 2. The van der Waals surface area contributed by atoms with Gasteiger partial charge in [-0.3, -0.25) is 4.79 Å². The lowest BCUT2D eigenvalue weighted by Gasteiger charge is -2.07. The van der Waals surface area contributed by atoms with Crippen LogP contribution in [0.2, 0.25) is 0 Å². The molecule has 0 aliphatic rings. The standard InChI is InChI=1S/C16H19FN4O/c1-2-3-4-16(22)19-15-10-9-14(20-21-15)18-11-12-5-7-13(17)8-6-12/h5-10H,2-4,11H2,1H3,(H,18,20)(H,19,21,22). The van der Waals surface area contributed by atoms with Gasteiger partial charge in [-0.25, -0.2) is 4.39 Å². The van der Waals surface area contributed by atoms with E-state index in [1.807, 2.05) is 6.92 Å². The van der Waals surface area contributed by atoms with Crippen molar-refractivity contribution in [2.75, 3.05) is 10.6 Å². The molecule has 0 spiro atoms. The molecule has 116 valence electrons. The quantitative estimate of drug-likeness (QED) is 0.823. The van der Waals surface area contributed by atoms with Crippen LogP contribution >= 0.6 is 0 Å². The van der Waals surface area contributed by atoms with Gasteiger partial charge in [0.15, 0.2) is 5.82 Å². The predicted octanol–water partition coefficient (Wildman–Crippen LogP) is 3.36. The number of nitrogens with one attached hydrogen (secondary N) is 2. The van der Waals surface area contributed by atoms with Crippen LogP contribution in [-0.2, 0) is 11.3 Å². The Morgan fingerprint density at radius 1 is 1.09 bits per heavy atom. The molecule has 0 bridgehead atoms. The van der Waals surface area contributed by atoms with Crippen molar-refractivity contribution in [1.29, 1.82) is 0 Å². The third-order valence-corrected chi connectivity index (χ3v) is 3.08. The summed E-state index contributed by atoms with van der Waals surface area (Å²) in [7, 11) is 0. The molecule has 1 aromatic heterocycles. The number of amides is 1. The minimum absolute atomic E-state index is 0.0526. The SMILES string of the molecule is CCCCC(=O)Nc1ccc(NCc2ccc(F)cc2)nn1. The van der Waals surface area contributed by atoms with Crippen molar-refractivity contribution < 1.29 is 9.18 Å². The first-order valence-corrected chi connectivity index (χ1v) is 7.29. The van der Waals surface area contributed by atoms with E-state index in [-0.39, 0.29) is 11.7 Å². The fourth-order valence-electron chi connectivity index (χ4n) is 1.83. The number of unbranched alkanes of at least 4 members (excludes halogenated alkanes) is 1. The first kappa shape index (κ1) is 15.9. The zero-order chi connectivity index (χ0) is 15.8. The molecule has 0 fully saturated rings. The van der Waals surface area contributed by atoms with Gasteiger partial charge in [0.05, 0.1) is 0 Å². The van der Waals surface area contributed by atoms with E-state index >= 15 is 0 Å². The summed E-state index contributed by atoms with van der Waals surface area (Å²) in [6, 6.07) is 9.68. The number of rotatable bonds is 7. The van der Waals surface area contributed by atoms with Crippen LogP contribution in [0.15, 0.2) is 36.4 Å². The van der Waals surface area contributed by atoms with Gasteiger partial charge in [-0.1, -0.05) is 25.5 Å². The number of anilines is 2. The van der Waals surface area contributed by atoms with E-state index in [0.29, 0.717) is 24.6 Å². The molecule has 0 unspecified atom stereocenters. The third-order valence-electron chi connectivity index (χ3n) is 3.08. The van der Waals surface area contributed by atoms with Gasteiger partial charge >= 0.3 is 0 Å². The predicted molar refractivity (Wildman–Crippen MR) is 83.9 cm³/mol. The van der Waals surface area contributed by atoms with Crippen LogP contribution in [0.5, 0.6) is 0 Å². The molecule has 0 atom stereocenters. The van der Waals surface area contributed by atoms with E-state index in [1.54, 1.807) is 24.3 Å². The van der Waals surface area contributed by atoms with Crippen molar-refractivity contribution in [3.8, 4) is 0 Å². The summed E-state index contributed by atoms with van der Waals surface area (Å²) in [6.07, 6.45) is 2.32. The summed E-state index contributed by atoms with van der Waals surface area (Å²) in [4.78, 5) is 11.6. The molecule has 1 amide bonds. The second-order valence-corrected chi connectivity index (χ2v) is 4.94. The second kappa shape index (κ2) is 8.07. The van der Waals surface area contributed by atoms with Crippen LogP contribution in [0.1, 0.15) is 31.7 Å². The number of carbonyl (C=O) groups excluding carboxylic acids is 1. The molecule has 0 aliphatic heterocycles. The fourth-order valence-corrected chi connectivity index (χ4v) is 1.83. The maximum atomic E-state index is 12.8. The van der Waals surface area contributed by atoms with E-state index in [0.717, 1.165) is 18.4 Å². The van der Waals surface area contributed by atoms with Crippen molar-refractivity contribution in [2.45, 2.75) is 32.7 Å². The lowest BCUT2D eigenvalue weighted by Crippen LogP contribution is -2.13. The van der Waals surface area contributed by atoms with Gasteiger partial charge < -0.3 is 10.6 Å². The van der Waals surface area contributed by atoms with Gasteiger partial charge in [-0.2, -0.15) is 0 Å². The zero-order valence-electron chi connectivity index (χ0n) is 12.5. The number of aromatic nitrogens is 2. The summed E-state index contributed by atoms with van der Waals surface area (Å²) >= 11 is 0. The Morgan fingerprint density at radius 2 is 1.77 bits per heavy atom. The Labute approximate surface area is 129 Å². The van der Waals surface area contributed by atoms with Crippen LogP contribution in [0.4, 0.5) is 16.0 Å². The van der Waals surface area contributed by atoms with Crippen LogP contribution in [0, 0.1) is 5.82 Å². The normalized spacial score (nSPS) is 10.3. The van der Waals surface area contributed by atoms with Crippen molar-refractivity contribution in [3.05, 3.63) is 47.8 Å². The van der Waals surface area contributed by atoms with E-state index < -0.39 is 0 Å². The third kappa shape index (κ3) is 5.12.